The number of carbonyl (C=O) groups is 2. The van der Waals surface area contributed by atoms with E-state index in [1.165, 1.54) is 7.11 Å². The first-order valence-corrected chi connectivity index (χ1v) is 6.76. The summed E-state index contributed by atoms with van der Waals surface area (Å²) in [6.45, 7) is 1.92. The zero-order chi connectivity index (χ0) is 15.2. The van der Waals surface area contributed by atoms with Crippen LogP contribution in [0.1, 0.15) is 36.5 Å². The number of nitrogens with zero attached hydrogens (tertiary/aromatic N) is 1. The van der Waals surface area contributed by atoms with Crippen molar-refractivity contribution in [1.29, 1.82) is 0 Å². The second-order valence-corrected chi connectivity index (χ2v) is 5.29. The normalized spacial score (nSPS) is 13.8. The van der Waals surface area contributed by atoms with Gasteiger partial charge in [0.15, 0.2) is 5.78 Å². The molecule has 0 heterocycles. The summed E-state index contributed by atoms with van der Waals surface area (Å²) in [4.78, 5) is 25.8. The zero-order valence-corrected chi connectivity index (χ0v) is 12.7. The molecule has 0 saturated heterocycles. The van der Waals surface area contributed by atoms with Crippen LogP contribution in [0.3, 0.4) is 0 Å². The zero-order valence-electron chi connectivity index (χ0n) is 12.7. The summed E-state index contributed by atoms with van der Waals surface area (Å²) < 4.78 is 4.63. The van der Waals surface area contributed by atoms with Crippen molar-refractivity contribution in [2.75, 3.05) is 21.2 Å². The van der Waals surface area contributed by atoms with Crippen LogP contribution in [0.4, 0.5) is 0 Å². The van der Waals surface area contributed by atoms with Gasteiger partial charge in [0.05, 0.1) is 12.6 Å². The van der Waals surface area contributed by atoms with E-state index in [1.807, 2.05) is 56.3 Å². The third-order valence-corrected chi connectivity index (χ3v) is 3.78. The number of ketones is 1. The van der Waals surface area contributed by atoms with Gasteiger partial charge in [0, 0.05) is 12.0 Å². The summed E-state index contributed by atoms with van der Waals surface area (Å²) in [5.74, 6) is -0.161. The quantitative estimate of drug-likeness (QED) is 0.567. The topological polar surface area (TPSA) is 46.6 Å². The number of esters is 1. The van der Waals surface area contributed by atoms with E-state index in [4.69, 9.17) is 0 Å². The fourth-order valence-corrected chi connectivity index (χ4v) is 2.12. The molecule has 0 N–H and O–H groups in total. The van der Waals surface area contributed by atoms with Crippen molar-refractivity contribution >= 4 is 11.8 Å². The second kappa shape index (κ2) is 7.20. The maximum absolute atomic E-state index is 12.7. The van der Waals surface area contributed by atoms with Crippen molar-refractivity contribution in [2.45, 2.75) is 31.7 Å². The molecule has 1 unspecified atom stereocenters. The third-order valence-electron chi connectivity index (χ3n) is 3.78. The van der Waals surface area contributed by atoms with Gasteiger partial charge in [0.2, 0.25) is 0 Å². The van der Waals surface area contributed by atoms with Crippen molar-refractivity contribution in [3.8, 4) is 0 Å². The van der Waals surface area contributed by atoms with Crippen LogP contribution in [0.25, 0.3) is 0 Å². The molecule has 110 valence electrons. The second-order valence-electron chi connectivity index (χ2n) is 5.29. The number of carbonyl (C=O) groups excluding carboxylic acids is 2. The van der Waals surface area contributed by atoms with E-state index in [2.05, 4.69) is 4.74 Å². The molecule has 4 nitrogen and oxygen atoms in total. The predicted octanol–water partition coefficient (Wildman–Crippen LogP) is 2.53. The van der Waals surface area contributed by atoms with E-state index in [1.54, 1.807) is 0 Å². The molecule has 20 heavy (non-hydrogen) atoms. The Hall–Kier alpha value is -1.68. The summed E-state index contributed by atoms with van der Waals surface area (Å²) >= 11 is 0. The Morgan fingerprint density at radius 3 is 2.30 bits per heavy atom. The van der Waals surface area contributed by atoms with E-state index in [0.29, 0.717) is 24.8 Å². The molecular formula is C16H23NO3. The molecule has 1 aromatic carbocycles. The summed E-state index contributed by atoms with van der Waals surface area (Å²) in [7, 11) is 5.15. The highest BCUT2D eigenvalue weighted by Crippen LogP contribution is 2.25. The number of benzene rings is 1. The molecule has 0 aromatic heterocycles. The Balaban J connectivity index is 2.81. The summed E-state index contributed by atoms with van der Waals surface area (Å²) in [6.07, 6.45) is 1.57. The summed E-state index contributed by atoms with van der Waals surface area (Å²) in [5.41, 5.74) is 0.0804. The van der Waals surface area contributed by atoms with Gasteiger partial charge in [-0.3, -0.25) is 14.5 Å². The van der Waals surface area contributed by atoms with Crippen molar-refractivity contribution < 1.29 is 14.3 Å². The number of hydrogen-bond acceptors (Lipinski definition) is 4. The fourth-order valence-electron chi connectivity index (χ4n) is 2.12. The minimum absolute atomic E-state index is 0.0768. The van der Waals surface area contributed by atoms with Gasteiger partial charge in [-0.2, -0.15) is 0 Å². The molecule has 0 aliphatic rings. The van der Waals surface area contributed by atoms with Crippen molar-refractivity contribution in [3.05, 3.63) is 35.9 Å². The van der Waals surface area contributed by atoms with E-state index in [-0.39, 0.29) is 11.8 Å². The molecule has 1 aromatic rings. The van der Waals surface area contributed by atoms with Crippen LogP contribution in [0.2, 0.25) is 0 Å². The molecule has 0 bridgehead atoms. The van der Waals surface area contributed by atoms with E-state index < -0.39 is 5.54 Å². The van der Waals surface area contributed by atoms with Gasteiger partial charge in [-0.25, -0.2) is 0 Å². The lowest BCUT2D eigenvalue weighted by Gasteiger charge is -2.35. The Kier molecular flexibility index (Phi) is 5.89. The first-order chi connectivity index (χ1) is 9.41. The number of likely N-dealkylation sites (N-methyl/N-ethyl adjacent to an activating group) is 1. The molecular weight excluding hydrogens is 254 g/mol. The van der Waals surface area contributed by atoms with Gasteiger partial charge in [0.1, 0.15) is 0 Å². The maximum Gasteiger partial charge on any atom is 0.305 e. The SMILES string of the molecule is COC(=O)CCCC(C)(C(=O)c1ccccc1)N(C)C. The van der Waals surface area contributed by atoms with Crippen LogP contribution < -0.4 is 0 Å². The Labute approximate surface area is 120 Å². The van der Waals surface area contributed by atoms with Gasteiger partial charge < -0.3 is 4.74 Å². The minimum atomic E-state index is -0.616. The van der Waals surface area contributed by atoms with Crippen molar-refractivity contribution in [1.82, 2.24) is 4.90 Å². The van der Waals surface area contributed by atoms with Gasteiger partial charge in [-0.15, -0.1) is 0 Å². The van der Waals surface area contributed by atoms with Gasteiger partial charge in [-0.1, -0.05) is 30.3 Å². The van der Waals surface area contributed by atoms with Crippen LogP contribution >= 0.6 is 0 Å². The third kappa shape index (κ3) is 3.90. The summed E-state index contributed by atoms with van der Waals surface area (Å²) in [6, 6.07) is 9.26. The maximum atomic E-state index is 12.7. The van der Waals surface area contributed by atoms with E-state index >= 15 is 0 Å². The van der Waals surface area contributed by atoms with Crippen LogP contribution in [-0.2, 0) is 9.53 Å². The van der Waals surface area contributed by atoms with E-state index in [0.717, 1.165) is 0 Å². The number of rotatable bonds is 7. The highest BCUT2D eigenvalue weighted by Gasteiger charge is 2.35. The molecule has 4 heteroatoms. The van der Waals surface area contributed by atoms with Crippen LogP contribution in [-0.4, -0.2) is 43.4 Å². The first-order valence-electron chi connectivity index (χ1n) is 6.76. The fraction of sp³-hybridized carbons (Fsp3) is 0.500. The lowest BCUT2D eigenvalue weighted by atomic mass is 9.85. The number of methoxy groups -OCH3 is 1. The molecule has 0 fully saturated rings. The van der Waals surface area contributed by atoms with Gasteiger partial charge in [0.25, 0.3) is 0 Å². The Bertz CT molecular complexity index is 456. The van der Waals surface area contributed by atoms with Crippen LogP contribution in [0.15, 0.2) is 30.3 Å². The number of Topliss-reactive ketones (excluding diaryl/α,β-unsaturated/α-hetero) is 1. The lowest BCUT2D eigenvalue weighted by molar-refractivity contribution is -0.140. The van der Waals surface area contributed by atoms with Gasteiger partial charge >= 0.3 is 5.97 Å². The molecule has 0 saturated carbocycles. The highest BCUT2D eigenvalue weighted by atomic mass is 16.5. The summed E-state index contributed by atoms with van der Waals surface area (Å²) in [5, 5.41) is 0. The first kappa shape index (κ1) is 16.4. The molecule has 1 rings (SSSR count). The lowest BCUT2D eigenvalue weighted by Crippen LogP contribution is -2.48. The molecule has 0 aliphatic heterocycles. The molecule has 0 amide bonds. The monoisotopic (exact) mass is 277 g/mol. The molecule has 1 atom stereocenters. The predicted molar refractivity (Wildman–Crippen MR) is 78.7 cm³/mol. The standard InChI is InChI=1S/C16H23NO3/c1-16(17(2)3,12-8-11-14(18)20-4)15(19)13-9-6-5-7-10-13/h5-7,9-10H,8,11-12H2,1-4H3. The van der Waals surface area contributed by atoms with Crippen molar-refractivity contribution in [2.24, 2.45) is 0 Å². The van der Waals surface area contributed by atoms with E-state index in [9.17, 15) is 9.59 Å². The molecule has 0 radical (unpaired) electrons. The number of ether oxygens (including phenoxy) is 1. The van der Waals surface area contributed by atoms with Gasteiger partial charge in [-0.05, 0) is 33.9 Å². The molecule has 0 aliphatic carbocycles. The average molecular weight is 277 g/mol. The highest BCUT2D eigenvalue weighted by molar-refractivity contribution is 6.02. The smallest absolute Gasteiger partial charge is 0.305 e. The van der Waals surface area contributed by atoms with Crippen LogP contribution in [0.5, 0.6) is 0 Å². The van der Waals surface area contributed by atoms with Crippen LogP contribution in [0, 0.1) is 0 Å². The Morgan fingerprint density at radius 2 is 1.80 bits per heavy atom. The largest absolute Gasteiger partial charge is 0.469 e. The minimum Gasteiger partial charge on any atom is -0.469 e. The average Bonchev–Trinajstić information content (AvgIpc) is 2.46. The number of hydrogen-bond donors (Lipinski definition) is 0. The molecule has 0 spiro atoms. The van der Waals surface area contributed by atoms with Crippen molar-refractivity contribution in [3.63, 3.8) is 0 Å². The Morgan fingerprint density at radius 1 is 1.20 bits per heavy atom.